The molecule has 0 radical (unpaired) electrons. The Kier molecular flexibility index (Phi) is 4.80. The molecule has 0 saturated carbocycles. The summed E-state index contributed by atoms with van der Waals surface area (Å²) < 4.78 is 8.63. The molecular formula is C15H16BrN3O. The molecular weight excluding hydrogens is 318 g/mol. The third kappa shape index (κ3) is 3.20. The number of rotatable bonds is 5. The monoisotopic (exact) mass is 333 g/mol. The van der Waals surface area contributed by atoms with Crippen molar-refractivity contribution in [2.75, 3.05) is 0 Å². The summed E-state index contributed by atoms with van der Waals surface area (Å²) in [5.41, 5.74) is 3.05. The van der Waals surface area contributed by atoms with Crippen LogP contribution in [-0.4, -0.2) is 9.78 Å². The Bertz CT molecular complexity index is 626. The van der Waals surface area contributed by atoms with E-state index in [-0.39, 0.29) is 0 Å². The molecule has 0 aliphatic carbocycles. The predicted octanol–water partition coefficient (Wildman–Crippen LogP) is 3.39. The summed E-state index contributed by atoms with van der Waals surface area (Å²) in [5.74, 6) is 0.790. The minimum absolute atomic E-state index is 0.424. The van der Waals surface area contributed by atoms with Crippen LogP contribution in [0.2, 0.25) is 0 Å². The van der Waals surface area contributed by atoms with Crippen LogP contribution in [0.5, 0.6) is 5.75 Å². The number of hydrogen-bond acceptors (Lipinski definition) is 3. The first-order valence-corrected chi connectivity index (χ1v) is 7.24. The largest absolute Gasteiger partial charge is 0.487 e. The van der Waals surface area contributed by atoms with Crippen molar-refractivity contribution in [1.29, 1.82) is 5.26 Å². The van der Waals surface area contributed by atoms with E-state index in [1.807, 2.05) is 36.0 Å². The smallest absolute Gasteiger partial charge is 0.131 e. The molecule has 1 aromatic carbocycles. The number of aryl methyl sites for hydroxylation is 2. The Balaban J connectivity index is 2.05. The predicted molar refractivity (Wildman–Crippen MR) is 80.4 cm³/mol. The van der Waals surface area contributed by atoms with Crippen molar-refractivity contribution in [3.63, 3.8) is 0 Å². The van der Waals surface area contributed by atoms with Crippen molar-refractivity contribution in [1.82, 2.24) is 9.78 Å². The lowest BCUT2D eigenvalue weighted by molar-refractivity contribution is 0.294. The molecule has 1 aromatic heterocycles. The van der Waals surface area contributed by atoms with E-state index in [1.54, 1.807) is 0 Å². The molecule has 2 rings (SSSR count). The SMILES string of the molecule is CCc1nn(C)c(COc2ccc(CC#N)cc2)c1Br. The van der Waals surface area contributed by atoms with Gasteiger partial charge in [-0.1, -0.05) is 19.1 Å². The Hall–Kier alpha value is -1.80. The van der Waals surface area contributed by atoms with Gasteiger partial charge in [0.2, 0.25) is 0 Å². The molecule has 0 atom stereocenters. The highest BCUT2D eigenvalue weighted by Gasteiger charge is 2.12. The van der Waals surface area contributed by atoms with Gasteiger partial charge in [0.15, 0.2) is 0 Å². The summed E-state index contributed by atoms with van der Waals surface area (Å²) in [6.07, 6.45) is 1.31. The second-order valence-corrected chi connectivity index (χ2v) is 5.25. The molecule has 0 unspecified atom stereocenters. The van der Waals surface area contributed by atoms with E-state index < -0.39 is 0 Å². The van der Waals surface area contributed by atoms with Gasteiger partial charge in [-0.3, -0.25) is 4.68 Å². The summed E-state index contributed by atoms with van der Waals surface area (Å²) in [7, 11) is 1.92. The summed E-state index contributed by atoms with van der Waals surface area (Å²) in [6, 6.07) is 9.72. The van der Waals surface area contributed by atoms with E-state index in [2.05, 4.69) is 34.0 Å². The second kappa shape index (κ2) is 6.58. The molecule has 0 saturated heterocycles. The summed E-state index contributed by atoms with van der Waals surface area (Å²) in [5, 5.41) is 13.1. The summed E-state index contributed by atoms with van der Waals surface area (Å²) in [6.45, 7) is 2.54. The van der Waals surface area contributed by atoms with Crippen molar-refractivity contribution in [3.05, 3.63) is 45.7 Å². The maximum absolute atomic E-state index is 8.63. The quantitative estimate of drug-likeness (QED) is 0.842. The van der Waals surface area contributed by atoms with Gasteiger partial charge in [-0.15, -0.1) is 0 Å². The highest BCUT2D eigenvalue weighted by Crippen LogP contribution is 2.23. The van der Waals surface area contributed by atoms with E-state index >= 15 is 0 Å². The minimum atomic E-state index is 0.424. The molecule has 5 heteroatoms. The van der Waals surface area contributed by atoms with E-state index in [0.29, 0.717) is 13.0 Å². The first kappa shape index (κ1) is 14.6. The fourth-order valence-electron chi connectivity index (χ4n) is 1.92. The highest BCUT2D eigenvalue weighted by molar-refractivity contribution is 9.10. The number of benzene rings is 1. The lowest BCUT2D eigenvalue weighted by Gasteiger charge is -2.07. The van der Waals surface area contributed by atoms with Crippen LogP contribution < -0.4 is 4.74 Å². The number of ether oxygens (including phenoxy) is 1. The summed E-state index contributed by atoms with van der Waals surface area (Å²) in [4.78, 5) is 0. The van der Waals surface area contributed by atoms with Gasteiger partial charge in [0.1, 0.15) is 12.4 Å². The molecule has 0 fully saturated rings. The van der Waals surface area contributed by atoms with Crippen LogP contribution in [0.4, 0.5) is 0 Å². The first-order chi connectivity index (χ1) is 9.65. The number of aromatic nitrogens is 2. The third-order valence-electron chi connectivity index (χ3n) is 3.09. The fraction of sp³-hybridized carbons (Fsp3) is 0.333. The molecule has 20 heavy (non-hydrogen) atoms. The maximum atomic E-state index is 8.63. The highest BCUT2D eigenvalue weighted by atomic mass is 79.9. The van der Waals surface area contributed by atoms with Gasteiger partial charge >= 0.3 is 0 Å². The van der Waals surface area contributed by atoms with Crippen LogP contribution in [-0.2, 0) is 26.5 Å². The Labute approximate surface area is 127 Å². The van der Waals surface area contributed by atoms with Gasteiger partial charge < -0.3 is 4.74 Å². The molecule has 0 aliphatic heterocycles. The zero-order valence-electron chi connectivity index (χ0n) is 11.6. The van der Waals surface area contributed by atoms with Crippen LogP contribution in [0.1, 0.15) is 23.9 Å². The molecule has 0 spiro atoms. The van der Waals surface area contributed by atoms with Crippen molar-refractivity contribution in [2.24, 2.45) is 7.05 Å². The molecule has 4 nitrogen and oxygen atoms in total. The fourth-order valence-corrected chi connectivity index (χ4v) is 2.65. The number of halogens is 1. The van der Waals surface area contributed by atoms with Crippen molar-refractivity contribution >= 4 is 15.9 Å². The molecule has 0 bridgehead atoms. The minimum Gasteiger partial charge on any atom is -0.487 e. The zero-order valence-corrected chi connectivity index (χ0v) is 13.1. The van der Waals surface area contributed by atoms with Crippen LogP contribution in [0.3, 0.4) is 0 Å². The first-order valence-electron chi connectivity index (χ1n) is 6.44. The van der Waals surface area contributed by atoms with Gasteiger partial charge in [-0.25, -0.2) is 0 Å². The van der Waals surface area contributed by atoms with Crippen molar-refractivity contribution < 1.29 is 4.74 Å². The lowest BCUT2D eigenvalue weighted by Crippen LogP contribution is -2.03. The van der Waals surface area contributed by atoms with Gasteiger partial charge in [-0.05, 0) is 40.0 Å². The molecule has 104 valence electrons. The Morgan fingerprint density at radius 3 is 2.60 bits per heavy atom. The Morgan fingerprint density at radius 1 is 1.35 bits per heavy atom. The van der Waals surface area contributed by atoms with E-state index in [1.165, 1.54) is 0 Å². The standard InChI is InChI=1S/C15H16BrN3O/c1-3-13-15(16)14(19(2)18-13)10-20-12-6-4-11(5-7-12)8-9-17/h4-7H,3,8,10H2,1-2H3. The van der Waals surface area contributed by atoms with Gasteiger partial charge in [0.25, 0.3) is 0 Å². The topological polar surface area (TPSA) is 50.8 Å². The van der Waals surface area contributed by atoms with Crippen LogP contribution in [0.25, 0.3) is 0 Å². The van der Waals surface area contributed by atoms with Crippen molar-refractivity contribution in [3.8, 4) is 11.8 Å². The zero-order chi connectivity index (χ0) is 14.5. The van der Waals surface area contributed by atoms with E-state index in [0.717, 1.165) is 33.6 Å². The molecule has 0 N–H and O–H groups in total. The summed E-state index contributed by atoms with van der Waals surface area (Å²) >= 11 is 3.57. The Morgan fingerprint density at radius 2 is 2.05 bits per heavy atom. The van der Waals surface area contributed by atoms with Gasteiger partial charge in [0, 0.05) is 7.05 Å². The molecule has 1 heterocycles. The van der Waals surface area contributed by atoms with E-state index in [4.69, 9.17) is 10.00 Å². The molecule has 0 amide bonds. The molecule has 2 aromatic rings. The average Bonchev–Trinajstić information content (AvgIpc) is 2.73. The lowest BCUT2D eigenvalue weighted by atomic mass is 10.2. The second-order valence-electron chi connectivity index (χ2n) is 4.45. The maximum Gasteiger partial charge on any atom is 0.131 e. The molecule has 0 aliphatic rings. The van der Waals surface area contributed by atoms with Crippen LogP contribution in [0.15, 0.2) is 28.7 Å². The number of hydrogen-bond donors (Lipinski definition) is 0. The van der Waals surface area contributed by atoms with Crippen LogP contribution >= 0.6 is 15.9 Å². The van der Waals surface area contributed by atoms with Crippen molar-refractivity contribution in [2.45, 2.75) is 26.4 Å². The van der Waals surface area contributed by atoms with Gasteiger partial charge in [-0.2, -0.15) is 10.4 Å². The van der Waals surface area contributed by atoms with Gasteiger partial charge in [0.05, 0.1) is 28.4 Å². The number of nitriles is 1. The van der Waals surface area contributed by atoms with Crippen LogP contribution in [0, 0.1) is 11.3 Å². The third-order valence-corrected chi connectivity index (χ3v) is 4.00. The average molecular weight is 334 g/mol. The number of nitrogens with zero attached hydrogens (tertiary/aromatic N) is 3. The normalized spacial score (nSPS) is 10.3. The van der Waals surface area contributed by atoms with E-state index in [9.17, 15) is 0 Å².